The van der Waals surface area contributed by atoms with E-state index in [1.807, 2.05) is 0 Å². The van der Waals surface area contributed by atoms with Crippen molar-refractivity contribution in [2.75, 3.05) is 18.5 Å². The van der Waals surface area contributed by atoms with Crippen molar-refractivity contribution in [1.82, 2.24) is 15.2 Å². The molecule has 0 bridgehead atoms. The summed E-state index contributed by atoms with van der Waals surface area (Å²) >= 11 is 0. The van der Waals surface area contributed by atoms with Crippen LogP contribution in [0.4, 0.5) is 28.4 Å². The molecule has 1 atom stereocenters. The average molecular weight is 455 g/mol. The van der Waals surface area contributed by atoms with E-state index in [9.17, 15) is 27.6 Å². The maximum atomic E-state index is 12.6. The van der Waals surface area contributed by atoms with Crippen LogP contribution < -0.4 is 21.7 Å². The van der Waals surface area contributed by atoms with Gasteiger partial charge in [0, 0.05) is 18.1 Å². The van der Waals surface area contributed by atoms with E-state index in [4.69, 9.17) is 5.73 Å². The lowest BCUT2D eigenvalue weighted by atomic mass is 10.1. The Morgan fingerprint density at radius 3 is 2.59 bits per heavy atom. The number of hydrogen-bond acceptors (Lipinski definition) is 4. The van der Waals surface area contributed by atoms with Crippen LogP contribution in [0.15, 0.2) is 30.5 Å². The first-order valence-corrected chi connectivity index (χ1v) is 10.1. The van der Waals surface area contributed by atoms with Crippen LogP contribution in [0.3, 0.4) is 0 Å². The number of nitrogens with one attached hydrogen (secondary N) is 3. The number of ether oxygens (including phenoxy) is 1. The quantitative estimate of drug-likeness (QED) is 0.434. The van der Waals surface area contributed by atoms with Crippen molar-refractivity contribution < 1.29 is 32.3 Å². The molecule has 32 heavy (non-hydrogen) atoms. The third-order valence-corrected chi connectivity index (χ3v) is 4.97. The van der Waals surface area contributed by atoms with Crippen LogP contribution in [0.2, 0.25) is 0 Å². The number of carbonyl (C=O) groups excluding carboxylic acids is 3. The molecule has 1 heterocycles. The number of hydrogen-bond donors (Lipinski definition) is 4. The van der Waals surface area contributed by atoms with Gasteiger partial charge < -0.3 is 21.7 Å². The van der Waals surface area contributed by atoms with E-state index < -0.39 is 37.0 Å². The van der Waals surface area contributed by atoms with Gasteiger partial charge in [0.05, 0.1) is 17.8 Å². The second kappa shape index (κ2) is 9.90. The summed E-state index contributed by atoms with van der Waals surface area (Å²) in [6.07, 6.45) is -1.04. The maximum absolute atomic E-state index is 12.6. The van der Waals surface area contributed by atoms with E-state index >= 15 is 0 Å². The van der Waals surface area contributed by atoms with Gasteiger partial charge in [0.2, 0.25) is 5.91 Å². The van der Waals surface area contributed by atoms with E-state index in [-0.39, 0.29) is 13.0 Å². The van der Waals surface area contributed by atoms with Crippen LogP contribution >= 0.6 is 0 Å². The highest BCUT2D eigenvalue weighted by atomic mass is 19.4. The van der Waals surface area contributed by atoms with Gasteiger partial charge in [0.15, 0.2) is 0 Å². The van der Waals surface area contributed by atoms with E-state index in [0.717, 1.165) is 12.8 Å². The zero-order valence-corrected chi connectivity index (χ0v) is 17.1. The first kappa shape index (κ1) is 23.4. The van der Waals surface area contributed by atoms with Gasteiger partial charge in [-0.3, -0.25) is 14.1 Å². The molecule has 9 nitrogen and oxygen atoms in total. The molecule has 4 amide bonds. The van der Waals surface area contributed by atoms with Crippen molar-refractivity contribution in [1.29, 1.82) is 0 Å². The lowest BCUT2D eigenvalue weighted by Crippen LogP contribution is -2.48. The summed E-state index contributed by atoms with van der Waals surface area (Å²) < 4.78 is 40.8. The van der Waals surface area contributed by atoms with Crippen LogP contribution in [0, 0.1) is 5.92 Å². The van der Waals surface area contributed by atoms with E-state index in [0.29, 0.717) is 28.9 Å². The molecular formula is C20H24F3N5O4. The summed E-state index contributed by atoms with van der Waals surface area (Å²) in [5.74, 6) is -0.185. The number of amides is 4. The Bertz CT molecular complexity index is 987. The molecule has 174 valence electrons. The van der Waals surface area contributed by atoms with Gasteiger partial charge in [-0.2, -0.15) is 0 Å². The predicted molar refractivity (Wildman–Crippen MR) is 110 cm³/mol. The van der Waals surface area contributed by atoms with Crippen molar-refractivity contribution in [3.05, 3.63) is 30.5 Å². The number of alkyl halides is 3. The molecule has 0 unspecified atom stereocenters. The Balaban J connectivity index is 1.58. The molecule has 1 aliphatic carbocycles. The molecule has 0 aliphatic heterocycles. The molecule has 12 heteroatoms. The number of primary amides is 1. The third kappa shape index (κ3) is 6.61. The van der Waals surface area contributed by atoms with E-state index in [1.54, 1.807) is 24.3 Å². The molecule has 0 spiro atoms. The molecule has 2 aromatic rings. The first-order chi connectivity index (χ1) is 15.1. The average Bonchev–Trinajstić information content (AvgIpc) is 3.46. The molecule has 1 aromatic heterocycles. The first-order valence-electron chi connectivity index (χ1n) is 10.1. The van der Waals surface area contributed by atoms with Crippen molar-refractivity contribution in [2.45, 2.75) is 38.1 Å². The number of nitrogens with two attached hydrogens (primary N) is 1. The fourth-order valence-corrected chi connectivity index (χ4v) is 3.29. The number of urea groups is 1. The van der Waals surface area contributed by atoms with Gasteiger partial charge in [-0.05, 0) is 24.8 Å². The van der Waals surface area contributed by atoms with Crippen LogP contribution in [0.25, 0.3) is 10.9 Å². The Labute approximate surface area is 181 Å². The lowest BCUT2D eigenvalue weighted by Gasteiger charge is -2.18. The highest BCUT2D eigenvalue weighted by Crippen LogP contribution is 2.33. The van der Waals surface area contributed by atoms with Crippen LogP contribution in [0.5, 0.6) is 0 Å². The SMILES string of the molecule is NC(=O)n1cc(NC(=O)N[C@@H](CC2CC2)C(=O)NCCCOC(F)(F)F)c2ccccc21. The summed E-state index contributed by atoms with van der Waals surface area (Å²) in [6, 6.07) is 4.63. The van der Waals surface area contributed by atoms with Gasteiger partial charge in [0.25, 0.3) is 0 Å². The van der Waals surface area contributed by atoms with Gasteiger partial charge in [-0.25, -0.2) is 9.59 Å². The number of anilines is 1. The highest BCUT2D eigenvalue weighted by molar-refractivity contribution is 6.05. The zero-order chi connectivity index (χ0) is 23.3. The van der Waals surface area contributed by atoms with Gasteiger partial charge in [0.1, 0.15) is 6.04 Å². The fraction of sp³-hybridized carbons (Fsp3) is 0.450. The topological polar surface area (TPSA) is 127 Å². The number of aromatic nitrogens is 1. The molecule has 1 fully saturated rings. The van der Waals surface area contributed by atoms with Gasteiger partial charge in [-0.15, -0.1) is 13.2 Å². The lowest BCUT2D eigenvalue weighted by molar-refractivity contribution is -0.324. The molecule has 1 saturated carbocycles. The number of fused-ring (bicyclic) bond motifs is 1. The molecule has 3 rings (SSSR count). The smallest absolute Gasteiger partial charge is 0.354 e. The predicted octanol–water partition coefficient (Wildman–Crippen LogP) is 2.90. The largest absolute Gasteiger partial charge is 0.522 e. The Morgan fingerprint density at radius 2 is 1.94 bits per heavy atom. The highest BCUT2D eigenvalue weighted by Gasteiger charge is 2.31. The second-order valence-corrected chi connectivity index (χ2v) is 7.54. The minimum absolute atomic E-state index is 0.0223. The normalized spacial score (nSPS) is 14.7. The number of nitrogens with zero attached hydrogens (tertiary/aromatic N) is 1. The maximum Gasteiger partial charge on any atom is 0.522 e. The number of halogens is 3. The van der Waals surface area contributed by atoms with Crippen molar-refractivity contribution in [3.8, 4) is 0 Å². The number of rotatable bonds is 9. The van der Waals surface area contributed by atoms with E-state index in [1.165, 1.54) is 10.8 Å². The zero-order valence-electron chi connectivity index (χ0n) is 17.1. The van der Waals surface area contributed by atoms with Crippen LogP contribution in [-0.2, 0) is 9.53 Å². The second-order valence-electron chi connectivity index (χ2n) is 7.54. The van der Waals surface area contributed by atoms with Crippen molar-refractivity contribution in [2.24, 2.45) is 11.7 Å². The summed E-state index contributed by atoms with van der Waals surface area (Å²) in [7, 11) is 0. The minimum Gasteiger partial charge on any atom is -0.354 e. The Hall–Kier alpha value is -3.28. The Morgan fingerprint density at radius 1 is 1.22 bits per heavy atom. The monoisotopic (exact) mass is 455 g/mol. The minimum atomic E-state index is -4.71. The Kier molecular flexibility index (Phi) is 7.23. The standard InChI is InChI=1S/C20H24F3N5O4/c21-20(22,23)32-9-3-8-25-17(29)14(10-12-6-7-12)26-19(31)27-15-11-28(18(24)30)16-5-2-1-4-13(15)16/h1-2,4-5,11-12,14H,3,6-10H2,(H2,24,30)(H,25,29)(H2,26,27,31)/t14-/m0/s1. The van der Waals surface area contributed by atoms with Gasteiger partial charge in [-0.1, -0.05) is 31.0 Å². The van der Waals surface area contributed by atoms with Crippen molar-refractivity contribution in [3.63, 3.8) is 0 Å². The molecule has 1 aromatic carbocycles. The molecule has 1 aliphatic rings. The molecule has 0 radical (unpaired) electrons. The third-order valence-electron chi connectivity index (χ3n) is 4.97. The molecule has 0 saturated heterocycles. The van der Waals surface area contributed by atoms with Gasteiger partial charge >= 0.3 is 18.4 Å². The number of benzene rings is 1. The number of para-hydroxylation sites is 1. The fourth-order valence-electron chi connectivity index (χ4n) is 3.29. The van der Waals surface area contributed by atoms with E-state index in [2.05, 4.69) is 20.7 Å². The summed E-state index contributed by atoms with van der Waals surface area (Å²) in [5, 5.41) is 8.35. The van der Waals surface area contributed by atoms with Crippen LogP contribution in [-0.4, -0.2) is 48.1 Å². The molecular weight excluding hydrogens is 431 g/mol. The van der Waals surface area contributed by atoms with Crippen LogP contribution in [0.1, 0.15) is 25.7 Å². The summed E-state index contributed by atoms with van der Waals surface area (Å²) in [4.78, 5) is 36.7. The number of carbonyl (C=O) groups is 3. The summed E-state index contributed by atoms with van der Waals surface area (Å²) in [5.41, 5.74) is 6.23. The van der Waals surface area contributed by atoms with Crippen molar-refractivity contribution >= 4 is 34.6 Å². The molecule has 5 N–H and O–H groups in total. The summed E-state index contributed by atoms with van der Waals surface area (Å²) in [6.45, 7) is -0.597.